The summed E-state index contributed by atoms with van der Waals surface area (Å²) in [6.45, 7) is 3.60. The van der Waals surface area contributed by atoms with E-state index in [2.05, 4.69) is 4.72 Å². The quantitative estimate of drug-likeness (QED) is 0.899. The molecular formula is C17H18N2O4S. The lowest BCUT2D eigenvalue weighted by Gasteiger charge is -2.14. The Hall–Kier alpha value is -2.72. The number of nitriles is 1. The summed E-state index contributed by atoms with van der Waals surface area (Å²) >= 11 is 0. The summed E-state index contributed by atoms with van der Waals surface area (Å²) in [6.07, 6.45) is 0. The largest absolute Gasteiger partial charge is 0.493 e. The van der Waals surface area contributed by atoms with Crippen LogP contribution in [0.4, 0.5) is 5.69 Å². The van der Waals surface area contributed by atoms with Gasteiger partial charge < -0.3 is 9.47 Å². The maximum Gasteiger partial charge on any atom is 0.262 e. The molecule has 24 heavy (non-hydrogen) atoms. The van der Waals surface area contributed by atoms with Gasteiger partial charge >= 0.3 is 0 Å². The highest BCUT2D eigenvalue weighted by Crippen LogP contribution is 2.31. The van der Waals surface area contributed by atoms with E-state index in [1.807, 2.05) is 19.1 Å². The minimum absolute atomic E-state index is 0.0169. The average Bonchev–Trinajstić information content (AvgIpc) is 2.53. The number of nitrogens with zero attached hydrogens (tertiary/aromatic N) is 1. The van der Waals surface area contributed by atoms with Crippen molar-refractivity contribution in [3.05, 3.63) is 47.0 Å². The second-order valence-electron chi connectivity index (χ2n) is 5.24. The van der Waals surface area contributed by atoms with Gasteiger partial charge in [-0.2, -0.15) is 5.26 Å². The molecule has 0 saturated heterocycles. The molecule has 0 unspecified atom stereocenters. The zero-order valence-corrected chi connectivity index (χ0v) is 14.7. The van der Waals surface area contributed by atoms with Crippen LogP contribution in [0.15, 0.2) is 35.2 Å². The van der Waals surface area contributed by atoms with Crippen molar-refractivity contribution in [1.29, 1.82) is 5.26 Å². The molecule has 1 N–H and O–H groups in total. The minimum Gasteiger partial charge on any atom is -0.493 e. The summed E-state index contributed by atoms with van der Waals surface area (Å²) in [4.78, 5) is 0.0169. The second kappa shape index (κ2) is 6.81. The number of hydrogen-bond acceptors (Lipinski definition) is 5. The lowest BCUT2D eigenvalue weighted by Crippen LogP contribution is -2.14. The van der Waals surface area contributed by atoms with Crippen molar-refractivity contribution >= 4 is 15.7 Å². The molecule has 0 aliphatic carbocycles. The summed E-state index contributed by atoms with van der Waals surface area (Å²) in [5.41, 5.74) is 2.12. The van der Waals surface area contributed by atoms with Crippen LogP contribution in [0.2, 0.25) is 0 Å². The van der Waals surface area contributed by atoms with Crippen LogP contribution in [0, 0.1) is 25.2 Å². The Morgan fingerprint density at radius 1 is 1.04 bits per heavy atom. The van der Waals surface area contributed by atoms with Gasteiger partial charge in [-0.1, -0.05) is 6.07 Å². The predicted octanol–water partition coefficient (Wildman–Crippen LogP) is 2.99. The van der Waals surface area contributed by atoms with E-state index in [-0.39, 0.29) is 10.6 Å². The highest BCUT2D eigenvalue weighted by atomic mass is 32.2. The molecule has 7 heteroatoms. The predicted molar refractivity (Wildman–Crippen MR) is 91.0 cm³/mol. The highest BCUT2D eigenvalue weighted by molar-refractivity contribution is 7.92. The topological polar surface area (TPSA) is 88.4 Å². The zero-order valence-electron chi connectivity index (χ0n) is 13.9. The van der Waals surface area contributed by atoms with Crippen molar-refractivity contribution < 1.29 is 17.9 Å². The Morgan fingerprint density at radius 2 is 1.71 bits per heavy atom. The smallest absolute Gasteiger partial charge is 0.262 e. The third-order valence-corrected chi connectivity index (χ3v) is 4.86. The van der Waals surface area contributed by atoms with Gasteiger partial charge in [-0.05, 0) is 43.2 Å². The summed E-state index contributed by atoms with van der Waals surface area (Å²) < 4.78 is 38.0. The van der Waals surface area contributed by atoms with E-state index in [0.29, 0.717) is 22.6 Å². The summed E-state index contributed by atoms with van der Waals surface area (Å²) in [5.74, 6) is 0.738. The van der Waals surface area contributed by atoms with E-state index in [1.54, 1.807) is 13.0 Å². The molecule has 0 atom stereocenters. The van der Waals surface area contributed by atoms with Gasteiger partial charge in [-0.3, -0.25) is 4.72 Å². The van der Waals surface area contributed by atoms with Gasteiger partial charge in [-0.15, -0.1) is 0 Å². The lowest BCUT2D eigenvalue weighted by atomic mass is 10.0. The van der Waals surface area contributed by atoms with Gasteiger partial charge in [0.05, 0.1) is 30.4 Å². The Balaban J connectivity index is 2.49. The molecule has 0 aliphatic rings. The van der Waals surface area contributed by atoms with Gasteiger partial charge in [0.2, 0.25) is 0 Å². The van der Waals surface area contributed by atoms with Crippen LogP contribution in [-0.4, -0.2) is 22.6 Å². The Bertz CT molecular complexity index is 915. The molecule has 0 fully saturated rings. The van der Waals surface area contributed by atoms with Crippen molar-refractivity contribution in [2.45, 2.75) is 18.7 Å². The van der Waals surface area contributed by atoms with Crippen LogP contribution in [-0.2, 0) is 10.0 Å². The first-order chi connectivity index (χ1) is 11.3. The summed E-state index contributed by atoms with van der Waals surface area (Å²) in [7, 11) is -0.973. The van der Waals surface area contributed by atoms with Gasteiger partial charge in [0.15, 0.2) is 11.5 Å². The van der Waals surface area contributed by atoms with Gasteiger partial charge in [-0.25, -0.2) is 8.42 Å². The summed E-state index contributed by atoms with van der Waals surface area (Å²) in [5, 5.41) is 9.29. The van der Waals surface area contributed by atoms with E-state index in [9.17, 15) is 13.7 Å². The maximum absolute atomic E-state index is 12.6. The molecule has 0 aliphatic heterocycles. The van der Waals surface area contributed by atoms with Crippen molar-refractivity contribution in [2.75, 3.05) is 18.9 Å². The van der Waals surface area contributed by atoms with E-state index in [0.717, 1.165) is 5.56 Å². The van der Waals surface area contributed by atoms with Crippen LogP contribution < -0.4 is 14.2 Å². The molecule has 0 bridgehead atoms. The fraction of sp³-hybridized carbons (Fsp3) is 0.235. The zero-order chi connectivity index (χ0) is 17.9. The molecular weight excluding hydrogens is 328 g/mol. The van der Waals surface area contributed by atoms with Crippen LogP contribution >= 0.6 is 0 Å². The number of benzene rings is 2. The average molecular weight is 346 g/mol. The Labute approximate surface area is 141 Å². The lowest BCUT2D eigenvalue weighted by molar-refractivity contribution is 0.354. The molecule has 126 valence electrons. The molecule has 2 aromatic rings. The fourth-order valence-corrected chi connectivity index (χ4v) is 3.46. The molecule has 2 aromatic carbocycles. The van der Waals surface area contributed by atoms with Crippen molar-refractivity contribution in [3.8, 4) is 17.6 Å². The Morgan fingerprint density at radius 3 is 2.29 bits per heavy atom. The number of sulfonamides is 1. The van der Waals surface area contributed by atoms with E-state index < -0.39 is 10.0 Å². The van der Waals surface area contributed by atoms with Crippen LogP contribution in [0.3, 0.4) is 0 Å². The number of rotatable bonds is 5. The van der Waals surface area contributed by atoms with Crippen LogP contribution in [0.25, 0.3) is 0 Å². The first-order valence-electron chi connectivity index (χ1n) is 7.08. The van der Waals surface area contributed by atoms with Crippen LogP contribution in [0.1, 0.15) is 16.7 Å². The molecule has 0 spiro atoms. The number of ether oxygens (including phenoxy) is 2. The number of methoxy groups -OCH3 is 2. The highest BCUT2D eigenvalue weighted by Gasteiger charge is 2.19. The molecule has 0 aromatic heterocycles. The molecule has 0 radical (unpaired) electrons. The molecule has 2 rings (SSSR count). The van der Waals surface area contributed by atoms with Crippen molar-refractivity contribution in [3.63, 3.8) is 0 Å². The third kappa shape index (κ3) is 3.44. The normalized spacial score (nSPS) is 10.8. The number of nitrogens with one attached hydrogen (secondary N) is 1. The maximum atomic E-state index is 12.6. The monoisotopic (exact) mass is 346 g/mol. The molecule has 0 heterocycles. The third-order valence-electron chi connectivity index (χ3n) is 3.50. The summed E-state index contributed by atoms with van der Waals surface area (Å²) in [6, 6.07) is 9.79. The van der Waals surface area contributed by atoms with E-state index in [1.165, 1.54) is 32.4 Å². The van der Waals surface area contributed by atoms with Gasteiger partial charge in [0, 0.05) is 6.07 Å². The van der Waals surface area contributed by atoms with Crippen LogP contribution in [0.5, 0.6) is 11.5 Å². The van der Waals surface area contributed by atoms with Crippen molar-refractivity contribution in [2.24, 2.45) is 0 Å². The molecule has 0 amide bonds. The van der Waals surface area contributed by atoms with E-state index >= 15 is 0 Å². The van der Waals surface area contributed by atoms with E-state index in [4.69, 9.17) is 9.47 Å². The second-order valence-corrected chi connectivity index (χ2v) is 6.92. The standard InChI is InChI=1S/C17H18N2O4S/c1-11-7-12(2)14(10-18)15(8-11)19-24(20,21)13-5-6-16(22-3)17(9-13)23-4/h5-9,19H,1-4H3. The van der Waals surface area contributed by atoms with Gasteiger partial charge in [0.1, 0.15) is 6.07 Å². The number of hydrogen-bond donors (Lipinski definition) is 1. The van der Waals surface area contributed by atoms with Crippen molar-refractivity contribution in [1.82, 2.24) is 0 Å². The first kappa shape index (κ1) is 17.6. The fourth-order valence-electron chi connectivity index (χ4n) is 2.38. The van der Waals surface area contributed by atoms with Gasteiger partial charge in [0.25, 0.3) is 10.0 Å². The first-order valence-corrected chi connectivity index (χ1v) is 8.57. The molecule has 0 saturated carbocycles. The number of anilines is 1. The minimum atomic E-state index is -3.87. The number of aryl methyl sites for hydroxylation is 2. The SMILES string of the molecule is COc1ccc(S(=O)(=O)Nc2cc(C)cc(C)c2C#N)cc1OC. The Kier molecular flexibility index (Phi) is 5.00. The molecule has 6 nitrogen and oxygen atoms in total.